The minimum Gasteiger partial charge on any atom is -0.480 e. The van der Waals surface area contributed by atoms with Gasteiger partial charge in [-0.15, -0.1) is 11.3 Å². The molecule has 8 heteroatoms. The highest BCUT2D eigenvalue weighted by atomic mass is 35.5. The molecule has 0 bridgehead atoms. The molecule has 0 saturated heterocycles. The van der Waals surface area contributed by atoms with Crippen LogP contribution in [0.25, 0.3) is 0 Å². The van der Waals surface area contributed by atoms with Crippen molar-refractivity contribution in [3.8, 4) is 0 Å². The van der Waals surface area contributed by atoms with E-state index in [-0.39, 0.29) is 4.88 Å². The van der Waals surface area contributed by atoms with E-state index < -0.39 is 30.9 Å². The van der Waals surface area contributed by atoms with Crippen molar-refractivity contribution in [2.24, 2.45) is 5.73 Å². The lowest BCUT2D eigenvalue weighted by Gasteiger charge is -2.17. The van der Waals surface area contributed by atoms with Crippen LogP contribution in [0.15, 0.2) is 12.1 Å². The van der Waals surface area contributed by atoms with Crippen LogP contribution in [0, 0.1) is 0 Å². The number of carboxylic acid groups (broad SMARTS) is 1. The van der Waals surface area contributed by atoms with Gasteiger partial charge in [-0.1, -0.05) is 11.6 Å². The normalized spacial score (nSPS) is 9.94. The summed E-state index contributed by atoms with van der Waals surface area (Å²) in [7, 11) is 0. The van der Waals surface area contributed by atoms with E-state index in [2.05, 4.69) is 0 Å². The molecule has 2 amide bonds. The topological polar surface area (TPSA) is 101 Å². The van der Waals surface area contributed by atoms with Gasteiger partial charge in [-0.3, -0.25) is 14.4 Å². The summed E-state index contributed by atoms with van der Waals surface area (Å²) in [6.07, 6.45) is 0. The van der Waals surface area contributed by atoms with E-state index in [0.29, 0.717) is 4.34 Å². The van der Waals surface area contributed by atoms with Crippen molar-refractivity contribution in [2.75, 3.05) is 13.1 Å². The molecule has 0 spiro atoms. The van der Waals surface area contributed by atoms with E-state index in [1.165, 1.54) is 12.1 Å². The first-order chi connectivity index (χ1) is 7.90. The molecule has 0 aliphatic heterocycles. The maximum atomic E-state index is 11.8. The molecule has 1 aromatic rings. The molecule has 1 heterocycles. The fraction of sp³-hybridized carbons (Fsp3) is 0.222. The van der Waals surface area contributed by atoms with Crippen LogP contribution in [0.3, 0.4) is 0 Å². The third-order valence-corrected chi connectivity index (χ3v) is 2.96. The molecule has 92 valence electrons. The summed E-state index contributed by atoms with van der Waals surface area (Å²) in [5.41, 5.74) is 4.94. The minimum atomic E-state index is -1.22. The summed E-state index contributed by atoms with van der Waals surface area (Å²) in [5.74, 6) is -2.58. The lowest BCUT2D eigenvalue weighted by atomic mass is 10.3. The number of thiophene rings is 1. The van der Waals surface area contributed by atoms with Gasteiger partial charge in [0.1, 0.15) is 13.1 Å². The van der Waals surface area contributed by atoms with Crippen molar-refractivity contribution in [3.63, 3.8) is 0 Å². The molecule has 3 N–H and O–H groups in total. The predicted octanol–water partition coefficient (Wildman–Crippen LogP) is 0.414. The summed E-state index contributed by atoms with van der Waals surface area (Å²) in [6.45, 7) is -1.03. The number of nitrogens with two attached hydrogens (primary N) is 1. The van der Waals surface area contributed by atoms with Gasteiger partial charge in [0.15, 0.2) is 0 Å². The fourth-order valence-corrected chi connectivity index (χ4v) is 2.15. The second-order valence-electron chi connectivity index (χ2n) is 3.13. The van der Waals surface area contributed by atoms with E-state index in [1.807, 2.05) is 0 Å². The molecule has 17 heavy (non-hydrogen) atoms. The Morgan fingerprint density at radius 3 is 2.41 bits per heavy atom. The number of hydrogen-bond acceptors (Lipinski definition) is 4. The van der Waals surface area contributed by atoms with Crippen LogP contribution >= 0.6 is 22.9 Å². The second kappa shape index (κ2) is 5.65. The lowest BCUT2D eigenvalue weighted by molar-refractivity contribution is -0.138. The highest BCUT2D eigenvalue weighted by Gasteiger charge is 2.21. The van der Waals surface area contributed by atoms with Gasteiger partial charge in [-0.05, 0) is 12.1 Å². The van der Waals surface area contributed by atoms with Crippen LogP contribution in [-0.2, 0) is 9.59 Å². The molecule has 0 aliphatic carbocycles. The summed E-state index contributed by atoms with van der Waals surface area (Å²) < 4.78 is 0.405. The van der Waals surface area contributed by atoms with Crippen molar-refractivity contribution in [1.82, 2.24) is 4.90 Å². The average Bonchev–Trinajstić information content (AvgIpc) is 2.61. The van der Waals surface area contributed by atoms with Gasteiger partial charge in [0, 0.05) is 0 Å². The monoisotopic (exact) mass is 276 g/mol. The Bertz CT molecular complexity index is 444. The summed E-state index contributed by atoms with van der Waals surface area (Å²) in [4.78, 5) is 34.3. The number of carbonyl (C=O) groups is 3. The second-order valence-corrected chi connectivity index (χ2v) is 4.84. The average molecular weight is 277 g/mol. The van der Waals surface area contributed by atoms with E-state index in [9.17, 15) is 14.4 Å². The molecule has 0 aliphatic rings. The Hall–Kier alpha value is -1.60. The molecule has 1 rings (SSSR count). The van der Waals surface area contributed by atoms with Gasteiger partial charge in [-0.25, -0.2) is 0 Å². The van der Waals surface area contributed by atoms with Gasteiger partial charge in [-0.2, -0.15) is 0 Å². The van der Waals surface area contributed by atoms with E-state index in [1.54, 1.807) is 0 Å². The third-order valence-electron chi connectivity index (χ3n) is 1.74. The number of carboxylic acids is 1. The number of carbonyl (C=O) groups excluding carboxylic acids is 2. The van der Waals surface area contributed by atoms with Crippen molar-refractivity contribution in [3.05, 3.63) is 21.3 Å². The lowest BCUT2D eigenvalue weighted by Crippen LogP contribution is -2.41. The molecule has 0 atom stereocenters. The number of aliphatic carboxylic acids is 1. The number of rotatable bonds is 5. The number of primary amides is 1. The SMILES string of the molecule is NC(=O)CN(CC(=O)O)C(=O)c1ccc(Cl)s1. The van der Waals surface area contributed by atoms with Gasteiger partial charge >= 0.3 is 5.97 Å². The Labute approximate surface area is 106 Å². The van der Waals surface area contributed by atoms with Crippen LogP contribution < -0.4 is 5.73 Å². The van der Waals surface area contributed by atoms with Crippen LogP contribution in [0.2, 0.25) is 4.34 Å². The largest absolute Gasteiger partial charge is 0.480 e. The molecule has 0 saturated carbocycles. The first-order valence-corrected chi connectivity index (χ1v) is 5.64. The first-order valence-electron chi connectivity index (χ1n) is 4.45. The zero-order valence-electron chi connectivity index (χ0n) is 8.55. The highest BCUT2D eigenvalue weighted by Crippen LogP contribution is 2.22. The Kier molecular flexibility index (Phi) is 4.47. The van der Waals surface area contributed by atoms with Crippen LogP contribution in [0.1, 0.15) is 9.67 Å². The third kappa shape index (κ3) is 4.04. The number of amides is 2. The van der Waals surface area contributed by atoms with Crippen molar-refractivity contribution in [2.45, 2.75) is 0 Å². The minimum absolute atomic E-state index is 0.262. The Morgan fingerprint density at radius 1 is 1.35 bits per heavy atom. The predicted molar refractivity (Wildman–Crippen MR) is 62.1 cm³/mol. The number of nitrogens with zero attached hydrogens (tertiary/aromatic N) is 1. The zero-order chi connectivity index (χ0) is 13.0. The van der Waals surface area contributed by atoms with Gasteiger partial charge < -0.3 is 15.7 Å². The molecule has 0 aromatic carbocycles. The van der Waals surface area contributed by atoms with E-state index >= 15 is 0 Å². The standard InChI is InChI=1S/C9H9ClN2O4S/c10-6-2-1-5(17-6)9(16)12(3-7(11)13)4-8(14)15/h1-2H,3-4H2,(H2,11,13)(H,14,15). The summed E-state index contributed by atoms with van der Waals surface area (Å²) >= 11 is 6.67. The molecule has 1 aromatic heterocycles. The van der Waals surface area contributed by atoms with E-state index in [0.717, 1.165) is 16.2 Å². The number of hydrogen-bond donors (Lipinski definition) is 2. The molecule has 0 unspecified atom stereocenters. The molecule has 6 nitrogen and oxygen atoms in total. The zero-order valence-corrected chi connectivity index (χ0v) is 10.1. The Balaban J connectivity index is 2.85. The maximum Gasteiger partial charge on any atom is 0.323 e. The van der Waals surface area contributed by atoms with Gasteiger partial charge in [0.2, 0.25) is 5.91 Å². The highest BCUT2D eigenvalue weighted by molar-refractivity contribution is 7.17. The van der Waals surface area contributed by atoms with Crippen LogP contribution in [0.4, 0.5) is 0 Å². The Morgan fingerprint density at radius 2 is 2.00 bits per heavy atom. The fourth-order valence-electron chi connectivity index (χ4n) is 1.14. The van der Waals surface area contributed by atoms with Crippen LogP contribution in [0.5, 0.6) is 0 Å². The molecular formula is C9H9ClN2O4S. The van der Waals surface area contributed by atoms with Gasteiger partial charge in [0.05, 0.1) is 9.21 Å². The molecular weight excluding hydrogens is 268 g/mol. The van der Waals surface area contributed by atoms with Crippen molar-refractivity contribution >= 4 is 40.7 Å². The summed E-state index contributed by atoms with van der Waals surface area (Å²) in [5, 5.41) is 8.63. The van der Waals surface area contributed by atoms with Gasteiger partial charge in [0.25, 0.3) is 5.91 Å². The molecule has 0 fully saturated rings. The van der Waals surface area contributed by atoms with Crippen molar-refractivity contribution < 1.29 is 19.5 Å². The first kappa shape index (κ1) is 13.5. The summed E-state index contributed by atoms with van der Waals surface area (Å²) in [6, 6.07) is 2.98. The quantitative estimate of drug-likeness (QED) is 0.813. The van der Waals surface area contributed by atoms with Crippen LogP contribution in [-0.4, -0.2) is 40.9 Å². The maximum absolute atomic E-state index is 11.8. The van der Waals surface area contributed by atoms with E-state index in [4.69, 9.17) is 22.4 Å². The molecule has 0 radical (unpaired) electrons. The smallest absolute Gasteiger partial charge is 0.323 e. The van der Waals surface area contributed by atoms with Crippen molar-refractivity contribution in [1.29, 1.82) is 0 Å². The number of halogens is 1.